The van der Waals surface area contributed by atoms with Crippen molar-refractivity contribution in [2.24, 2.45) is 0 Å². The summed E-state index contributed by atoms with van der Waals surface area (Å²) in [6, 6.07) is 13.8. The molecule has 0 radical (unpaired) electrons. The van der Waals surface area contributed by atoms with E-state index in [-0.39, 0.29) is 17.4 Å². The molecule has 0 saturated heterocycles. The van der Waals surface area contributed by atoms with E-state index in [0.717, 1.165) is 0 Å². The summed E-state index contributed by atoms with van der Waals surface area (Å²) in [5.41, 5.74) is 1.12. The van der Waals surface area contributed by atoms with Crippen LogP contribution < -0.4 is 5.56 Å². The molecule has 1 atom stereocenters. The highest BCUT2D eigenvalue weighted by Gasteiger charge is 2.17. The molecule has 3 aromatic rings. The number of para-hydroxylation sites is 1. The summed E-state index contributed by atoms with van der Waals surface area (Å²) >= 11 is 0. The average molecular weight is 311 g/mol. The number of hydrogen-bond acceptors (Lipinski definition) is 3. The normalized spacial score (nSPS) is 12.7. The molecule has 0 aliphatic rings. The number of nitrogens with zero attached hydrogens (tertiary/aromatic N) is 2. The topological polar surface area (TPSA) is 49.0 Å². The first kappa shape index (κ1) is 15.4. The molecular weight excluding hydrogens is 293 g/mol. The maximum Gasteiger partial charge on any atom is 0.258 e. The molecule has 0 bridgehead atoms. The number of rotatable bonds is 4. The van der Waals surface area contributed by atoms with Crippen molar-refractivity contribution in [3.63, 3.8) is 0 Å². The fourth-order valence-corrected chi connectivity index (χ4v) is 2.54. The summed E-state index contributed by atoms with van der Waals surface area (Å²) in [5.74, 6) is 0.346. The van der Waals surface area contributed by atoms with Crippen molar-refractivity contribution in [1.82, 2.24) is 14.9 Å². The molecule has 0 aliphatic carbocycles. The highest BCUT2D eigenvalue weighted by molar-refractivity contribution is 5.77. The lowest BCUT2D eigenvalue weighted by molar-refractivity contribution is 0.240. The molecule has 0 fully saturated rings. The second-order valence-corrected chi connectivity index (χ2v) is 5.65. The van der Waals surface area contributed by atoms with E-state index >= 15 is 0 Å². The van der Waals surface area contributed by atoms with Gasteiger partial charge in [-0.2, -0.15) is 0 Å². The number of benzene rings is 2. The van der Waals surface area contributed by atoms with E-state index in [1.807, 2.05) is 43.1 Å². The third kappa shape index (κ3) is 3.14. The minimum atomic E-state index is -0.230. The number of halogens is 1. The Morgan fingerprint density at radius 1 is 1.17 bits per heavy atom. The van der Waals surface area contributed by atoms with Crippen molar-refractivity contribution in [1.29, 1.82) is 0 Å². The van der Waals surface area contributed by atoms with E-state index in [2.05, 4.69) is 9.97 Å². The van der Waals surface area contributed by atoms with Crippen LogP contribution in [-0.2, 0) is 6.54 Å². The maximum atomic E-state index is 13.8. The number of hydrogen-bond donors (Lipinski definition) is 1. The summed E-state index contributed by atoms with van der Waals surface area (Å²) in [5, 5.41) is 0.570. The van der Waals surface area contributed by atoms with Gasteiger partial charge in [-0.1, -0.05) is 30.3 Å². The van der Waals surface area contributed by atoms with E-state index in [9.17, 15) is 9.18 Å². The zero-order valence-electron chi connectivity index (χ0n) is 13.1. The van der Waals surface area contributed by atoms with Crippen LogP contribution in [0.2, 0.25) is 0 Å². The van der Waals surface area contributed by atoms with Gasteiger partial charge in [-0.05, 0) is 32.2 Å². The van der Waals surface area contributed by atoms with Crippen LogP contribution in [0.5, 0.6) is 0 Å². The summed E-state index contributed by atoms with van der Waals surface area (Å²) in [6.45, 7) is 2.37. The molecule has 3 rings (SSSR count). The summed E-state index contributed by atoms with van der Waals surface area (Å²) < 4.78 is 13.8. The van der Waals surface area contributed by atoms with Crippen LogP contribution in [0.25, 0.3) is 10.9 Å². The molecule has 0 amide bonds. The molecule has 2 aromatic carbocycles. The highest BCUT2D eigenvalue weighted by atomic mass is 19.1. The second kappa shape index (κ2) is 6.30. The summed E-state index contributed by atoms with van der Waals surface area (Å²) in [4.78, 5) is 21.5. The van der Waals surface area contributed by atoms with Crippen molar-refractivity contribution in [3.8, 4) is 0 Å². The van der Waals surface area contributed by atoms with Crippen LogP contribution in [0.4, 0.5) is 4.39 Å². The monoisotopic (exact) mass is 311 g/mol. The zero-order valence-corrected chi connectivity index (χ0v) is 13.1. The fourth-order valence-electron chi connectivity index (χ4n) is 2.54. The van der Waals surface area contributed by atoms with Gasteiger partial charge in [-0.3, -0.25) is 9.69 Å². The zero-order chi connectivity index (χ0) is 16.4. The molecule has 4 nitrogen and oxygen atoms in total. The van der Waals surface area contributed by atoms with E-state index in [1.165, 1.54) is 6.07 Å². The lowest BCUT2D eigenvalue weighted by atomic mass is 10.1. The van der Waals surface area contributed by atoms with Crippen LogP contribution >= 0.6 is 0 Å². The van der Waals surface area contributed by atoms with Crippen molar-refractivity contribution >= 4 is 10.9 Å². The Hall–Kier alpha value is -2.53. The Balaban J connectivity index is 1.89. The highest BCUT2D eigenvalue weighted by Crippen LogP contribution is 2.19. The predicted molar refractivity (Wildman–Crippen MR) is 88.6 cm³/mol. The van der Waals surface area contributed by atoms with Crippen LogP contribution in [-0.4, -0.2) is 21.9 Å². The van der Waals surface area contributed by atoms with Gasteiger partial charge in [0.1, 0.15) is 11.6 Å². The number of aromatic amines is 1. The average Bonchev–Trinajstić information content (AvgIpc) is 2.56. The Kier molecular flexibility index (Phi) is 4.21. The molecule has 0 spiro atoms. The van der Waals surface area contributed by atoms with E-state index in [1.54, 1.807) is 18.2 Å². The van der Waals surface area contributed by atoms with Gasteiger partial charge in [0.2, 0.25) is 0 Å². The fraction of sp³-hybridized carbons (Fsp3) is 0.222. The first-order valence-electron chi connectivity index (χ1n) is 7.49. The number of nitrogens with one attached hydrogen (secondary N) is 1. The SMILES string of the molecule is C[C@@H](c1nc2ccccc2c(=O)[nH]1)N(C)Cc1ccccc1F. The first-order chi connectivity index (χ1) is 11.1. The van der Waals surface area contributed by atoms with Crippen molar-refractivity contribution in [2.75, 3.05) is 7.05 Å². The van der Waals surface area contributed by atoms with Gasteiger partial charge in [0.25, 0.3) is 5.56 Å². The Morgan fingerprint density at radius 2 is 1.87 bits per heavy atom. The van der Waals surface area contributed by atoms with E-state index in [0.29, 0.717) is 28.8 Å². The first-order valence-corrected chi connectivity index (χ1v) is 7.49. The molecule has 5 heteroatoms. The molecule has 1 N–H and O–H groups in total. The minimum absolute atomic E-state index is 0.146. The Labute approximate surface area is 133 Å². The molecule has 0 saturated carbocycles. The van der Waals surface area contributed by atoms with Crippen molar-refractivity contribution in [2.45, 2.75) is 19.5 Å². The largest absolute Gasteiger partial charge is 0.309 e. The van der Waals surface area contributed by atoms with E-state index in [4.69, 9.17) is 0 Å². The third-order valence-corrected chi connectivity index (χ3v) is 4.07. The van der Waals surface area contributed by atoms with Gasteiger partial charge < -0.3 is 4.98 Å². The van der Waals surface area contributed by atoms with Gasteiger partial charge >= 0.3 is 0 Å². The number of H-pyrrole nitrogens is 1. The number of aromatic nitrogens is 2. The van der Waals surface area contributed by atoms with Crippen LogP contribution in [0.15, 0.2) is 53.3 Å². The lowest BCUT2D eigenvalue weighted by Gasteiger charge is -2.24. The van der Waals surface area contributed by atoms with E-state index < -0.39 is 0 Å². The summed E-state index contributed by atoms with van der Waals surface area (Å²) in [6.07, 6.45) is 0. The smallest absolute Gasteiger partial charge is 0.258 e. The Morgan fingerprint density at radius 3 is 2.65 bits per heavy atom. The van der Waals surface area contributed by atoms with Crippen molar-refractivity contribution in [3.05, 3.63) is 76.1 Å². The molecule has 1 aromatic heterocycles. The van der Waals surface area contributed by atoms with Crippen LogP contribution in [0.1, 0.15) is 24.4 Å². The maximum absolute atomic E-state index is 13.8. The lowest BCUT2D eigenvalue weighted by Crippen LogP contribution is -2.26. The van der Waals surface area contributed by atoms with Gasteiger partial charge in [-0.25, -0.2) is 9.37 Å². The van der Waals surface area contributed by atoms with Gasteiger partial charge in [0, 0.05) is 12.1 Å². The molecule has 23 heavy (non-hydrogen) atoms. The van der Waals surface area contributed by atoms with Gasteiger partial charge in [-0.15, -0.1) is 0 Å². The predicted octanol–water partition coefficient (Wildman–Crippen LogP) is 3.26. The minimum Gasteiger partial charge on any atom is -0.309 e. The van der Waals surface area contributed by atoms with Crippen LogP contribution in [0, 0.1) is 5.82 Å². The van der Waals surface area contributed by atoms with Gasteiger partial charge in [0.15, 0.2) is 0 Å². The summed E-state index contributed by atoms with van der Waals surface area (Å²) in [7, 11) is 1.88. The Bertz CT molecular complexity index is 891. The molecule has 118 valence electrons. The number of fused-ring (bicyclic) bond motifs is 1. The quantitative estimate of drug-likeness (QED) is 0.804. The third-order valence-electron chi connectivity index (χ3n) is 4.07. The molecular formula is C18H18FN3O. The molecule has 0 unspecified atom stereocenters. The molecule has 0 aliphatic heterocycles. The standard InChI is InChI=1S/C18H18FN3O/c1-12(22(2)11-13-7-3-5-9-15(13)19)17-20-16-10-6-4-8-14(16)18(23)21-17/h3-10,12H,11H2,1-2H3,(H,20,21,23)/t12-/m0/s1. The van der Waals surface area contributed by atoms with Crippen molar-refractivity contribution < 1.29 is 4.39 Å². The second-order valence-electron chi connectivity index (χ2n) is 5.65. The van der Waals surface area contributed by atoms with Crippen LogP contribution in [0.3, 0.4) is 0 Å². The van der Waals surface area contributed by atoms with Gasteiger partial charge in [0.05, 0.1) is 16.9 Å². The molecule has 1 heterocycles.